The second-order valence-corrected chi connectivity index (χ2v) is 9.89. The van der Waals surface area contributed by atoms with Gasteiger partial charge in [0.15, 0.2) is 4.80 Å². The Balaban J connectivity index is 1.63. The Bertz CT molecular complexity index is 1680. The summed E-state index contributed by atoms with van der Waals surface area (Å²) < 4.78 is 13.3. The first-order valence-electron chi connectivity index (χ1n) is 11.2. The van der Waals surface area contributed by atoms with Crippen molar-refractivity contribution in [3.8, 4) is 11.3 Å². The Labute approximate surface area is 220 Å². The number of hydrogen-bond donors (Lipinski definition) is 0. The number of hydrogen-bond acceptors (Lipinski definition) is 6. The van der Waals surface area contributed by atoms with Crippen LogP contribution in [0.4, 0.5) is 0 Å². The van der Waals surface area contributed by atoms with Crippen LogP contribution in [-0.2, 0) is 9.53 Å². The lowest BCUT2D eigenvalue weighted by atomic mass is 9.96. The second-order valence-electron chi connectivity index (χ2n) is 8.04. The van der Waals surface area contributed by atoms with E-state index in [0.29, 0.717) is 47.7 Å². The van der Waals surface area contributed by atoms with Gasteiger partial charge in [-0.05, 0) is 49.7 Å². The summed E-state index contributed by atoms with van der Waals surface area (Å²) in [7, 11) is 0. The number of allylic oxidation sites excluding steroid dienone is 1. The molecule has 0 radical (unpaired) electrons. The van der Waals surface area contributed by atoms with Crippen LogP contribution in [0, 0.1) is 0 Å². The molecule has 0 spiro atoms. The number of nitrogens with zero attached hydrogens (tertiary/aromatic N) is 2. The maximum Gasteiger partial charge on any atom is 0.338 e. The fraction of sp³-hybridized carbons (Fsp3) is 0.148. The molecule has 5 rings (SSSR count). The van der Waals surface area contributed by atoms with Crippen molar-refractivity contribution in [2.24, 2.45) is 4.99 Å². The van der Waals surface area contributed by atoms with E-state index >= 15 is 0 Å². The molecule has 1 aliphatic rings. The monoisotopic (exact) mass is 538 g/mol. The molecule has 1 atom stereocenters. The molecule has 36 heavy (non-hydrogen) atoms. The zero-order valence-corrected chi connectivity index (χ0v) is 21.7. The number of aromatic nitrogens is 1. The van der Waals surface area contributed by atoms with Gasteiger partial charge in [-0.3, -0.25) is 9.36 Å². The molecule has 2 aromatic heterocycles. The van der Waals surface area contributed by atoms with Crippen molar-refractivity contribution in [3.63, 3.8) is 0 Å². The van der Waals surface area contributed by atoms with Gasteiger partial charge < -0.3 is 9.15 Å². The minimum atomic E-state index is -0.649. The van der Waals surface area contributed by atoms with Gasteiger partial charge in [0.25, 0.3) is 5.56 Å². The number of ether oxygens (including phenoxy) is 1. The lowest BCUT2D eigenvalue weighted by Gasteiger charge is -2.24. The molecule has 1 unspecified atom stereocenters. The molecule has 1 aliphatic heterocycles. The molecule has 0 N–H and O–H groups in total. The molecule has 0 amide bonds. The quantitative estimate of drug-likeness (QED) is 0.320. The average Bonchev–Trinajstić information content (AvgIpc) is 3.43. The highest BCUT2D eigenvalue weighted by Gasteiger charge is 2.33. The van der Waals surface area contributed by atoms with Crippen LogP contribution < -0.4 is 14.9 Å². The first-order valence-corrected chi connectivity index (χ1v) is 12.7. The van der Waals surface area contributed by atoms with Crippen molar-refractivity contribution < 1.29 is 13.9 Å². The van der Waals surface area contributed by atoms with Gasteiger partial charge in [-0.2, -0.15) is 0 Å². The predicted octanol–water partition coefficient (Wildman–Crippen LogP) is 5.37. The number of fused-ring (bicyclic) bond motifs is 1. The van der Waals surface area contributed by atoms with Crippen LogP contribution >= 0.6 is 34.5 Å². The number of carbonyl (C=O) groups excluding carboxylic acids is 1. The van der Waals surface area contributed by atoms with Crippen molar-refractivity contribution in [1.82, 2.24) is 4.57 Å². The zero-order valence-electron chi connectivity index (χ0n) is 19.3. The molecule has 0 bridgehead atoms. The summed E-state index contributed by atoms with van der Waals surface area (Å²) in [4.78, 5) is 31.6. The van der Waals surface area contributed by atoms with Gasteiger partial charge in [0.05, 0.1) is 33.5 Å². The molecule has 9 heteroatoms. The number of benzene rings is 2. The van der Waals surface area contributed by atoms with Crippen molar-refractivity contribution in [3.05, 3.63) is 113 Å². The highest BCUT2D eigenvalue weighted by atomic mass is 35.5. The third kappa shape index (κ3) is 4.46. The lowest BCUT2D eigenvalue weighted by molar-refractivity contribution is -0.139. The summed E-state index contributed by atoms with van der Waals surface area (Å²) in [6.45, 7) is 3.73. The first-order chi connectivity index (χ1) is 17.4. The summed E-state index contributed by atoms with van der Waals surface area (Å²) in [5.74, 6) is 0.551. The van der Waals surface area contributed by atoms with Gasteiger partial charge in [-0.25, -0.2) is 9.79 Å². The number of carbonyl (C=O) groups is 1. The molecule has 0 saturated heterocycles. The molecule has 0 saturated carbocycles. The van der Waals surface area contributed by atoms with Crippen LogP contribution in [-0.4, -0.2) is 17.1 Å². The Hall–Kier alpha value is -3.39. The molecular formula is C27H20Cl2N2O4S. The van der Waals surface area contributed by atoms with Crippen molar-refractivity contribution >= 4 is 46.6 Å². The molecule has 0 aliphatic carbocycles. The lowest BCUT2D eigenvalue weighted by Crippen LogP contribution is -2.39. The van der Waals surface area contributed by atoms with Crippen LogP contribution in [0.25, 0.3) is 17.4 Å². The summed E-state index contributed by atoms with van der Waals surface area (Å²) in [6.07, 6.45) is 1.67. The molecule has 3 heterocycles. The SMILES string of the molecule is CCOC(=O)C1=C(C)N=c2s/c(=C\c3ccc(-c4ccc(Cl)cc4Cl)o3)c(=O)n2C1c1ccccc1. The number of furan rings is 1. The topological polar surface area (TPSA) is 73.8 Å². The standard InChI is InChI=1S/C27H20Cl2N2O4S/c1-3-34-26(33)23-15(2)30-27-31(24(23)16-7-5-4-6-8-16)25(32)22(36-27)14-18-10-12-21(35-18)19-11-9-17(28)13-20(19)29/h4-14,24H,3H2,1-2H3/b22-14-. The second kappa shape index (κ2) is 9.93. The van der Waals surface area contributed by atoms with Crippen molar-refractivity contribution in [1.29, 1.82) is 0 Å². The predicted molar refractivity (Wildman–Crippen MR) is 141 cm³/mol. The summed E-state index contributed by atoms with van der Waals surface area (Å²) in [6, 6.07) is 17.4. The highest BCUT2D eigenvalue weighted by Crippen LogP contribution is 2.32. The Morgan fingerprint density at radius 1 is 1.17 bits per heavy atom. The normalized spacial score (nSPS) is 15.6. The summed E-state index contributed by atoms with van der Waals surface area (Å²) >= 11 is 13.6. The van der Waals surface area contributed by atoms with E-state index in [1.807, 2.05) is 30.3 Å². The number of esters is 1. The largest absolute Gasteiger partial charge is 0.463 e. The van der Waals surface area contributed by atoms with E-state index in [4.69, 9.17) is 32.4 Å². The van der Waals surface area contributed by atoms with Crippen LogP contribution in [0.3, 0.4) is 0 Å². The van der Waals surface area contributed by atoms with E-state index in [2.05, 4.69) is 4.99 Å². The molecule has 2 aromatic carbocycles. The zero-order chi connectivity index (χ0) is 25.4. The Morgan fingerprint density at radius 2 is 1.94 bits per heavy atom. The molecule has 182 valence electrons. The third-order valence-electron chi connectivity index (χ3n) is 5.73. The summed E-state index contributed by atoms with van der Waals surface area (Å²) in [5, 5.41) is 0.995. The van der Waals surface area contributed by atoms with E-state index in [-0.39, 0.29) is 12.2 Å². The van der Waals surface area contributed by atoms with E-state index in [1.54, 1.807) is 54.8 Å². The van der Waals surface area contributed by atoms with Gasteiger partial charge in [0.1, 0.15) is 11.5 Å². The molecule has 0 fully saturated rings. The number of thiazole rings is 1. The van der Waals surface area contributed by atoms with Gasteiger partial charge in [-0.1, -0.05) is 64.9 Å². The average molecular weight is 539 g/mol. The fourth-order valence-corrected chi connectivity index (χ4v) is 5.66. The molecular weight excluding hydrogens is 519 g/mol. The van der Waals surface area contributed by atoms with E-state index in [1.165, 1.54) is 11.3 Å². The van der Waals surface area contributed by atoms with Gasteiger partial charge in [0, 0.05) is 16.7 Å². The van der Waals surface area contributed by atoms with E-state index < -0.39 is 12.0 Å². The smallest absolute Gasteiger partial charge is 0.338 e. The van der Waals surface area contributed by atoms with Crippen molar-refractivity contribution in [2.45, 2.75) is 19.9 Å². The summed E-state index contributed by atoms with van der Waals surface area (Å²) in [5.41, 5.74) is 2.08. The van der Waals surface area contributed by atoms with Gasteiger partial charge in [0.2, 0.25) is 0 Å². The van der Waals surface area contributed by atoms with Gasteiger partial charge in [-0.15, -0.1) is 0 Å². The van der Waals surface area contributed by atoms with Crippen LogP contribution in [0.2, 0.25) is 10.0 Å². The van der Waals surface area contributed by atoms with Crippen molar-refractivity contribution in [2.75, 3.05) is 6.61 Å². The maximum atomic E-state index is 13.6. The van der Waals surface area contributed by atoms with E-state index in [9.17, 15) is 9.59 Å². The molecule has 6 nitrogen and oxygen atoms in total. The highest BCUT2D eigenvalue weighted by molar-refractivity contribution is 7.07. The Kier molecular flexibility index (Phi) is 6.71. The third-order valence-corrected chi connectivity index (χ3v) is 7.26. The van der Waals surface area contributed by atoms with Crippen LogP contribution in [0.15, 0.2) is 86.1 Å². The maximum absolute atomic E-state index is 13.6. The van der Waals surface area contributed by atoms with Gasteiger partial charge >= 0.3 is 5.97 Å². The Morgan fingerprint density at radius 3 is 2.67 bits per heavy atom. The first kappa shape index (κ1) is 24.3. The minimum absolute atomic E-state index is 0.222. The fourth-order valence-electron chi connectivity index (χ4n) is 4.14. The van der Waals surface area contributed by atoms with Crippen LogP contribution in [0.1, 0.15) is 31.2 Å². The molecule has 4 aromatic rings. The minimum Gasteiger partial charge on any atom is -0.463 e. The van der Waals surface area contributed by atoms with Crippen LogP contribution in [0.5, 0.6) is 0 Å². The van der Waals surface area contributed by atoms with E-state index in [0.717, 1.165) is 5.56 Å². The number of halogens is 2. The number of rotatable bonds is 5.